The Kier molecular flexibility index (Phi) is 10.6. The number of nitrogens with zero attached hydrogens (tertiary/aromatic N) is 3. The van der Waals surface area contributed by atoms with E-state index in [-0.39, 0.29) is 11.9 Å². The number of nitrogens with one attached hydrogen (secondary N) is 2. The second kappa shape index (κ2) is 13.0. The number of hydrogen-bond donors (Lipinski definition) is 2. The Balaban J connectivity index is 1.72. The molecule has 7 heteroatoms. The Labute approximate surface area is 171 Å². The quantitative estimate of drug-likeness (QED) is 0.284. The molecule has 2 aliphatic rings. The van der Waals surface area contributed by atoms with Gasteiger partial charge in [-0.3, -0.25) is 14.7 Å². The lowest BCUT2D eigenvalue weighted by Crippen LogP contribution is -2.54. The molecule has 2 N–H and O–H groups in total. The van der Waals surface area contributed by atoms with Gasteiger partial charge in [0.25, 0.3) is 0 Å². The summed E-state index contributed by atoms with van der Waals surface area (Å²) in [5.41, 5.74) is 0. The predicted octanol–water partition coefficient (Wildman–Crippen LogP) is 1.83. The number of amides is 1. The number of ether oxygens (including phenoxy) is 1. The molecule has 1 saturated heterocycles. The van der Waals surface area contributed by atoms with Crippen molar-refractivity contribution in [2.45, 2.75) is 71.4 Å². The fourth-order valence-electron chi connectivity index (χ4n) is 3.89. The summed E-state index contributed by atoms with van der Waals surface area (Å²) in [6, 6.07) is 0.196. The Bertz CT molecular complexity index is 467. The molecule has 0 bridgehead atoms. The summed E-state index contributed by atoms with van der Waals surface area (Å²) in [6.07, 6.45) is 8.15. The number of guanidine groups is 1. The zero-order chi connectivity index (χ0) is 20.2. The van der Waals surface area contributed by atoms with Gasteiger partial charge in [0.05, 0.1) is 25.8 Å². The highest BCUT2D eigenvalue weighted by Gasteiger charge is 2.21. The highest BCUT2D eigenvalue weighted by molar-refractivity contribution is 5.80. The zero-order valence-corrected chi connectivity index (χ0v) is 18.2. The Hall–Kier alpha value is -1.34. The fourth-order valence-corrected chi connectivity index (χ4v) is 3.89. The van der Waals surface area contributed by atoms with E-state index >= 15 is 0 Å². The summed E-state index contributed by atoms with van der Waals surface area (Å²) in [5.74, 6) is 1.08. The van der Waals surface area contributed by atoms with Gasteiger partial charge in [-0.25, -0.2) is 0 Å². The normalized spacial score (nSPS) is 20.3. The molecule has 2 rings (SSSR count). The topological polar surface area (TPSA) is 69.2 Å². The van der Waals surface area contributed by atoms with Crippen molar-refractivity contribution < 1.29 is 9.53 Å². The van der Waals surface area contributed by atoms with Crippen molar-refractivity contribution in [3.63, 3.8) is 0 Å². The largest absolute Gasteiger partial charge is 0.376 e. The third kappa shape index (κ3) is 8.78. The summed E-state index contributed by atoms with van der Waals surface area (Å²) < 4.78 is 6.07. The van der Waals surface area contributed by atoms with Crippen LogP contribution in [-0.4, -0.2) is 86.2 Å². The van der Waals surface area contributed by atoms with Gasteiger partial charge in [-0.1, -0.05) is 25.7 Å². The van der Waals surface area contributed by atoms with Gasteiger partial charge in [-0.2, -0.15) is 0 Å². The maximum atomic E-state index is 11.9. The van der Waals surface area contributed by atoms with E-state index in [1.807, 2.05) is 13.8 Å². The number of carbonyl (C=O) groups excluding carboxylic acids is 1. The van der Waals surface area contributed by atoms with Crippen LogP contribution in [0.3, 0.4) is 0 Å². The Morgan fingerprint density at radius 1 is 1.11 bits per heavy atom. The third-order valence-corrected chi connectivity index (χ3v) is 5.33. The minimum Gasteiger partial charge on any atom is -0.376 e. The van der Waals surface area contributed by atoms with Crippen LogP contribution in [0.4, 0.5) is 0 Å². The predicted molar refractivity (Wildman–Crippen MR) is 115 cm³/mol. The fraction of sp³-hybridized carbons (Fsp3) is 0.905. The summed E-state index contributed by atoms with van der Waals surface area (Å²) in [7, 11) is 0. The van der Waals surface area contributed by atoms with Crippen molar-refractivity contribution in [2.75, 3.05) is 52.4 Å². The molecule has 0 aromatic rings. The van der Waals surface area contributed by atoms with Crippen LogP contribution in [0.25, 0.3) is 0 Å². The summed E-state index contributed by atoms with van der Waals surface area (Å²) in [5, 5.41) is 6.37. The van der Waals surface area contributed by atoms with E-state index in [0.29, 0.717) is 25.8 Å². The standard InChI is InChI=1S/C21H41N5O2/c1-4-22-21(23-11-16-28-19-9-7-5-6-8-10-19)26-14-12-25(13-15-26)17-20(27)24-18(2)3/h18-19H,4-17H2,1-3H3,(H,22,23)(H,24,27). The average Bonchev–Trinajstić information content (AvgIpc) is 2.93. The summed E-state index contributed by atoms with van der Waals surface area (Å²) in [4.78, 5) is 21.2. The van der Waals surface area contributed by atoms with Crippen molar-refractivity contribution in [2.24, 2.45) is 4.99 Å². The van der Waals surface area contributed by atoms with Crippen LogP contribution in [-0.2, 0) is 9.53 Å². The van der Waals surface area contributed by atoms with Crippen molar-refractivity contribution in [1.82, 2.24) is 20.4 Å². The number of carbonyl (C=O) groups is 1. The maximum absolute atomic E-state index is 11.9. The van der Waals surface area contributed by atoms with Gasteiger partial charge in [0, 0.05) is 38.8 Å². The number of rotatable bonds is 8. The van der Waals surface area contributed by atoms with Crippen molar-refractivity contribution in [3.05, 3.63) is 0 Å². The lowest BCUT2D eigenvalue weighted by molar-refractivity contribution is -0.123. The van der Waals surface area contributed by atoms with Crippen molar-refractivity contribution in [1.29, 1.82) is 0 Å². The first-order chi connectivity index (χ1) is 13.6. The highest BCUT2D eigenvalue weighted by atomic mass is 16.5. The van der Waals surface area contributed by atoms with Crippen LogP contribution < -0.4 is 10.6 Å². The molecule has 1 saturated carbocycles. The van der Waals surface area contributed by atoms with Gasteiger partial charge in [0.1, 0.15) is 0 Å². The van der Waals surface area contributed by atoms with E-state index in [2.05, 4.69) is 27.4 Å². The third-order valence-electron chi connectivity index (χ3n) is 5.33. The Morgan fingerprint density at radius 3 is 2.39 bits per heavy atom. The monoisotopic (exact) mass is 395 g/mol. The molecular weight excluding hydrogens is 354 g/mol. The second-order valence-electron chi connectivity index (χ2n) is 8.21. The molecule has 0 spiro atoms. The lowest BCUT2D eigenvalue weighted by Gasteiger charge is -2.36. The van der Waals surface area contributed by atoms with Crippen LogP contribution in [0, 0.1) is 0 Å². The van der Waals surface area contributed by atoms with Crippen LogP contribution in [0.5, 0.6) is 0 Å². The van der Waals surface area contributed by atoms with E-state index in [1.165, 1.54) is 38.5 Å². The van der Waals surface area contributed by atoms with Gasteiger partial charge in [0.2, 0.25) is 5.91 Å². The molecule has 1 amide bonds. The lowest BCUT2D eigenvalue weighted by atomic mass is 10.1. The first-order valence-corrected chi connectivity index (χ1v) is 11.2. The minimum absolute atomic E-state index is 0.111. The van der Waals surface area contributed by atoms with Gasteiger partial charge < -0.3 is 20.3 Å². The molecule has 1 aliphatic carbocycles. The van der Waals surface area contributed by atoms with Gasteiger partial charge in [-0.05, 0) is 33.6 Å². The summed E-state index contributed by atoms with van der Waals surface area (Å²) >= 11 is 0. The van der Waals surface area contributed by atoms with Crippen LogP contribution in [0.1, 0.15) is 59.3 Å². The molecule has 7 nitrogen and oxygen atoms in total. The number of piperazine rings is 1. The van der Waals surface area contributed by atoms with Gasteiger partial charge >= 0.3 is 0 Å². The van der Waals surface area contributed by atoms with Crippen molar-refractivity contribution >= 4 is 11.9 Å². The second-order valence-corrected chi connectivity index (χ2v) is 8.21. The first kappa shape index (κ1) is 22.9. The first-order valence-electron chi connectivity index (χ1n) is 11.2. The molecule has 28 heavy (non-hydrogen) atoms. The van der Waals surface area contributed by atoms with Crippen LogP contribution in [0.15, 0.2) is 4.99 Å². The minimum atomic E-state index is 0.111. The van der Waals surface area contributed by atoms with E-state index in [1.54, 1.807) is 0 Å². The number of aliphatic imine (C=N–C) groups is 1. The van der Waals surface area contributed by atoms with Crippen molar-refractivity contribution in [3.8, 4) is 0 Å². The van der Waals surface area contributed by atoms with Gasteiger partial charge in [-0.15, -0.1) is 0 Å². The molecule has 0 aromatic heterocycles. The molecular formula is C21H41N5O2. The molecule has 0 radical (unpaired) electrons. The molecule has 0 atom stereocenters. The van der Waals surface area contributed by atoms with Crippen LogP contribution in [0.2, 0.25) is 0 Å². The molecule has 1 aliphatic heterocycles. The molecule has 162 valence electrons. The SMILES string of the molecule is CCNC(=NCCOC1CCCCCC1)N1CCN(CC(=O)NC(C)C)CC1. The Morgan fingerprint density at radius 2 is 1.79 bits per heavy atom. The highest BCUT2D eigenvalue weighted by Crippen LogP contribution is 2.19. The summed E-state index contributed by atoms with van der Waals surface area (Å²) in [6.45, 7) is 12.4. The zero-order valence-electron chi connectivity index (χ0n) is 18.2. The van der Waals surface area contributed by atoms with E-state index in [0.717, 1.165) is 38.7 Å². The maximum Gasteiger partial charge on any atom is 0.234 e. The van der Waals surface area contributed by atoms with Crippen LogP contribution >= 0.6 is 0 Å². The molecule has 1 heterocycles. The average molecular weight is 396 g/mol. The van der Waals surface area contributed by atoms with Gasteiger partial charge in [0.15, 0.2) is 5.96 Å². The smallest absolute Gasteiger partial charge is 0.234 e. The molecule has 0 aromatic carbocycles. The molecule has 2 fully saturated rings. The van der Waals surface area contributed by atoms with E-state index in [9.17, 15) is 4.79 Å². The van der Waals surface area contributed by atoms with E-state index in [4.69, 9.17) is 9.73 Å². The number of hydrogen-bond acceptors (Lipinski definition) is 4. The molecule has 0 unspecified atom stereocenters. The van der Waals surface area contributed by atoms with E-state index < -0.39 is 0 Å².